The Morgan fingerprint density at radius 1 is 0.915 bits per heavy atom. The van der Waals surface area contributed by atoms with Crippen LogP contribution in [0.2, 0.25) is 0 Å². The summed E-state index contributed by atoms with van der Waals surface area (Å²) in [7, 11) is 1.66. The number of carbonyl (C=O) groups excluding carboxylic acids is 2. The van der Waals surface area contributed by atoms with Crippen molar-refractivity contribution in [3.05, 3.63) is 139 Å². The Morgan fingerprint density at radius 3 is 2.21 bits per heavy atom. The van der Waals surface area contributed by atoms with Crippen LogP contribution in [0.25, 0.3) is 6.08 Å². The highest BCUT2D eigenvalue weighted by molar-refractivity contribution is 6.36. The number of pyridine rings is 1. The first-order valence-corrected chi connectivity index (χ1v) is 15.4. The van der Waals surface area contributed by atoms with Gasteiger partial charge in [0, 0.05) is 36.9 Å². The van der Waals surface area contributed by atoms with Crippen LogP contribution in [0, 0.1) is 0 Å². The molecule has 1 aliphatic rings. The number of aliphatic imine (C=N–C) groups is 1. The van der Waals surface area contributed by atoms with E-state index in [1.165, 1.54) is 39.8 Å². The molecule has 9 heteroatoms. The van der Waals surface area contributed by atoms with Gasteiger partial charge < -0.3 is 15.4 Å². The van der Waals surface area contributed by atoms with Crippen molar-refractivity contribution in [3.63, 3.8) is 0 Å². The average Bonchev–Trinajstić information content (AvgIpc) is 3.40. The fourth-order valence-electron chi connectivity index (χ4n) is 4.52. The van der Waals surface area contributed by atoms with Crippen molar-refractivity contribution >= 4 is 40.9 Å². The van der Waals surface area contributed by atoms with Gasteiger partial charge in [-0.25, -0.2) is 14.7 Å². The number of amidine groups is 1. The molecule has 2 heterocycles. The van der Waals surface area contributed by atoms with Gasteiger partial charge in [0.05, 0.1) is 17.1 Å². The van der Waals surface area contributed by atoms with Gasteiger partial charge in [-0.2, -0.15) is 0 Å². The molecular formula is C38H40N6O3. The van der Waals surface area contributed by atoms with Gasteiger partial charge in [-0.05, 0) is 79.7 Å². The molecule has 0 spiro atoms. The van der Waals surface area contributed by atoms with Crippen LogP contribution in [0.1, 0.15) is 39.3 Å². The zero-order valence-corrected chi connectivity index (χ0v) is 27.2. The Morgan fingerprint density at radius 2 is 1.60 bits per heavy atom. The number of para-hydroxylation sites is 1. The normalized spacial score (nSPS) is 14.6. The number of hydrogen-bond donors (Lipinski definition) is 1. The van der Waals surface area contributed by atoms with E-state index < -0.39 is 6.03 Å². The smallest absolute Gasteiger partial charge is 0.339 e. The van der Waals surface area contributed by atoms with Crippen LogP contribution in [0.15, 0.2) is 139 Å². The molecule has 1 aliphatic heterocycles. The average molecular weight is 629 g/mol. The summed E-state index contributed by atoms with van der Waals surface area (Å²) in [4.78, 5) is 40.1. The lowest BCUT2D eigenvalue weighted by Gasteiger charge is -2.21. The van der Waals surface area contributed by atoms with Crippen LogP contribution in [-0.4, -0.2) is 29.8 Å². The van der Waals surface area contributed by atoms with Gasteiger partial charge >= 0.3 is 6.03 Å². The lowest BCUT2D eigenvalue weighted by Crippen LogP contribution is -2.33. The van der Waals surface area contributed by atoms with E-state index in [2.05, 4.69) is 30.4 Å². The Hall–Kier alpha value is -5.96. The topological polar surface area (TPSA) is 104 Å². The summed E-state index contributed by atoms with van der Waals surface area (Å²) in [5.74, 6) is 1.37. The molecule has 2 N–H and O–H groups in total. The molecule has 9 nitrogen and oxygen atoms in total. The lowest BCUT2D eigenvalue weighted by molar-refractivity contribution is -0.113. The van der Waals surface area contributed by atoms with Gasteiger partial charge in [0.2, 0.25) is 0 Å². The molecule has 1 saturated heterocycles. The third-order valence-corrected chi connectivity index (χ3v) is 7.08. The second kappa shape index (κ2) is 16.4. The summed E-state index contributed by atoms with van der Waals surface area (Å²) in [5.41, 5.74) is 9.48. The fourth-order valence-corrected chi connectivity index (χ4v) is 4.52. The lowest BCUT2D eigenvalue weighted by atomic mass is 10.2. The molecule has 0 atom stereocenters. The van der Waals surface area contributed by atoms with E-state index in [4.69, 9.17) is 10.5 Å². The van der Waals surface area contributed by atoms with Gasteiger partial charge in [-0.15, -0.1) is 0 Å². The van der Waals surface area contributed by atoms with Crippen molar-refractivity contribution in [2.45, 2.75) is 33.6 Å². The zero-order valence-electron chi connectivity index (χ0n) is 27.2. The number of ether oxygens (including phenoxy) is 1. The van der Waals surface area contributed by atoms with Crippen LogP contribution >= 0.6 is 0 Å². The number of unbranched alkanes of at least 4 members (excludes halogenated alkanes) is 1. The number of urea groups is 1. The highest BCUT2D eigenvalue weighted by Gasteiger charge is 2.42. The second-order valence-electron chi connectivity index (χ2n) is 10.5. The van der Waals surface area contributed by atoms with Gasteiger partial charge in [0.25, 0.3) is 5.91 Å². The minimum Gasteiger partial charge on any atom is -0.457 e. The van der Waals surface area contributed by atoms with Crippen LogP contribution in [0.3, 0.4) is 0 Å². The van der Waals surface area contributed by atoms with Crippen LogP contribution in [-0.2, 0) is 4.79 Å². The van der Waals surface area contributed by atoms with Crippen molar-refractivity contribution < 1.29 is 14.3 Å². The number of aromatic nitrogens is 1. The number of allylic oxidation sites excluding steroid dienone is 1. The SMILES string of the molecule is C=CN=C1/C(=C(\C)N)N(c2ccc(Oc3ccccc3)cc2)C(=O)N1c1cccc(N(C)C(=O)/C=C/c2ccccn2)c1.CCCC. The molecule has 5 rings (SSSR count). The van der Waals surface area contributed by atoms with E-state index in [1.807, 2.05) is 48.5 Å². The van der Waals surface area contributed by atoms with E-state index in [0.717, 1.165) is 0 Å². The summed E-state index contributed by atoms with van der Waals surface area (Å²) < 4.78 is 5.92. The molecule has 0 unspecified atom stereocenters. The fraction of sp³-hybridized carbons (Fsp3) is 0.158. The van der Waals surface area contributed by atoms with E-state index in [1.54, 1.807) is 74.8 Å². The third kappa shape index (κ3) is 8.40. The molecule has 240 valence electrons. The molecule has 3 amide bonds. The molecule has 4 aromatic rings. The van der Waals surface area contributed by atoms with Crippen LogP contribution in [0.4, 0.5) is 21.9 Å². The molecule has 0 saturated carbocycles. The molecule has 0 aliphatic carbocycles. The Balaban J connectivity index is 0.00000118. The van der Waals surface area contributed by atoms with Gasteiger partial charge in [0.1, 0.15) is 17.2 Å². The minimum atomic E-state index is -0.390. The maximum absolute atomic E-state index is 14.1. The quantitative estimate of drug-likeness (QED) is 0.187. The molecule has 0 bridgehead atoms. The maximum Gasteiger partial charge on any atom is 0.339 e. The number of carbonyl (C=O) groups is 2. The van der Waals surface area contributed by atoms with E-state index in [9.17, 15) is 9.59 Å². The monoisotopic (exact) mass is 628 g/mol. The Bertz CT molecular complexity index is 1760. The molecule has 1 fully saturated rings. The number of anilines is 3. The number of nitrogens with two attached hydrogens (primary N) is 1. The summed E-state index contributed by atoms with van der Waals surface area (Å²) >= 11 is 0. The predicted octanol–water partition coefficient (Wildman–Crippen LogP) is 8.54. The highest BCUT2D eigenvalue weighted by atomic mass is 16.5. The van der Waals surface area contributed by atoms with Crippen LogP contribution in [0.5, 0.6) is 11.5 Å². The number of benzene rings is 3. The van der Waals surface area contributed by atoms with Gasteiger partial charge in [-0.3, -0.25) is 14.7 Å². The van der Waals surface area contributed by atoms with Gasteiger partial charge in [0.15, 0.2) is 5.84 Å². The molecule has 3 aromatic carbocycles. The first-order chi connectivity index (χ1) is 22.8. The summed E-state index contributed by atoms with van der Waals surface area (Å²) in [5, 5.41) is 0. The van der Waals surface area contributed by atoms with E-state index >= 15 is 0 Å². The predicted molar refractivity (Wildman–Crippen MR) is 192 cm³/mol. The second-order valence-corrected chi connectivity index (χ2v) is 10.5. The number of hydrogen-bond acceptors (Lipinski definition) is 6. The van der Waals surface area contributed by atoms with Gasteiger partial charge in [-0.1, -0.05) is 63.6 Å². The first-order valence-electron chi connectivity index (χ1n) is 15.4. The first kappa shape index (κ1) is 33.9. The molecule has 1 aromatic heterocycles. The van der Waals surface area contributed by atoms with E-state index in [0.29, 0.717) is 51.5 Å². The Kier molecular flexibility index (Phi) is 11.8. The van der Waals surface area contributed by atoms with Crippen LogP contribution < -0.4 is 25.2 Å². The Labute approximate surface area is 276 Å². The molecule has 47 heavy (non-hydrogen) atoms. The summed E-state index contributed by atoms with van der Waals surface area (Å²) in [6, 6.07) is 28.7. The van der Waals surface area contributed by atoms with Crippen molar-refractivity contribution in [1.82, 2.24) is 4.98 Å². The van der Waals surface area contributed by atoms with Crippen molar-refractivity contribution in [2.24, 2.45) is 10.7 Å². The van der Waals surface area contributed by atoms with Crippen molar-refractivity contribution in [1.29, 1.82) is 0 Å². The standard InChI is InChI=1S/C34H30N6O3.C4H10/c1-4-36-33-32(24(2)35)39(26-17-19-30(20-18-26)43-29-14-6-5-7-15-29)34(42)40(33)28-13-10-12-27(23-28)38(3)31(41)21-16-25-11-8-9-22-37-25;1-3-4-2/h4-23H,1,35H2,2-3H3;3-4H2,1-2H3/b21-16+,32-24-,36-33?;. The van der Waals surface area contributed by atoms with Crippen molar-refractivity contribution in [2.75, 3.05) is 21.7 Å². The highest BCUT2D eigenvalue weighted by Crippen LogP contribution is 2.36. The summed E-state index contributed by atoms with van der Waals surface area (Å²) in [6.45, 7) is 9.82. The number of nitrogens with zero attached hydrogens (tertiary/aromatic N) is 5. The zero-order chi connectivity index (χ0) is 33.8. The number of likely N-dealkylation sites (N-methyl/N-ethyl adjacent to an activating group) is 1. The molecular weight excluding hydrogens is 588 g/mol. The molecule has 0 radical (unpaired) electrons. The minimum absolute atomic E-state index is 0.256. The number of amides is 3. The van der Waals surface area contributed by atoms with E-state index in [-0.39, 0.29) is 5.91 Å². The maximum atomic E-state index is 14.1. The largest absolute Gasteiger partial charge is 0.457 e. The third-order valence-electron chi connectivity index (χ3n) is 7.08. The summed E-state index contributed by atoms with van der Waals surface area (Å²) in [6.07, 6.45) is 8.76. The van der Waals surface area contributed by atoms with Crippen molar-refractivity contribution in [3.8, 4) is 11.5 Å². The number of rotatable bonds is 9.